The first kappa shape index (κ1) is 14.0. The fraction of sp³-hybridized carbons (Fsp3) is 0.562. The number of rotatable bonds is 3. The summed E-state index contributed by atoms with van der Waals surface area (Å²) in [6.07, 6.45) is 2.30. The van der Waals surface area contributed by atoms with Gasteiger partial charge in [-0.1, -0.05) is 12.1 Å². The lowest BCUT2D eigenvalue weighted by Crippen LogP contribution is -2.32. The fourth-order valence-corrected chi connectivity index (χ4v) is 3.85. The number of hydrogen-bond acceptors (Lipinski definition) is 3. The first-order valence-corrected chi connectivity index (χ1v) is 8.67. The molecule has 2 heterocycles. The molecule has 2 fully saturated rings. The highest BCUT2D eigenvalue weighted by Crippen LogP contribution is 2.16. The molecule has 0 aliphatic carbocycles. The second-order valence-electron chi connectivity index (χ2n) is 5.58. The molecule has 1 amide bonds. The summed E-state index contributed by atoms with van der Waals surface area (Å²) in [6.45, 7) is 5.22. The maximum absolute atomic E-state index is 12.3. The van der Waals surface area contributed by atoms with Crippen molar-refractivity contribution in [3.05, 3.63) is 35.4 Å². The molecule has 4 heteroatoms. The molecule has 0 spiro atoms. The van der Waals surface area contributed by atoms with Gasteiger partial charge < -0.3 is 4.90 Å². The summed E-state index contributed by atoms with van der Waals surface area (Å²) in [4.78, 5) is 16.7. The van der Waals surface area contributed by atoms with Crippen LogP contribution in [0.3, 0.4) is 0 Å². The van der Waals surface area contributed by atoms with Crippen LogP contribution in [0.25, 0.3) is 0 Å². The summed E-state index contributed by atoms with van der Waals surface area (Å²) >= 11 is 2.04. The summed E-state index contributed by atoms with van der Waals surface area (Å²) in [5, 5.41) is 0. The molecule has 0 bridgehead atoms. The van der Waals surface area contributed by atoms with Crippen molar-refractivity contribution >= 4 is 17.7 Å². The van der Waals surface area contributed by atoms with E-state index in [1.807, 2.05) is 28.8 Å². The number of benzene rings is 1. The van der Waals surface area contributed by atoms with E-state index < -0.39 is 0 Å². The molecule has 0 aromatic heterocycles. The molecule has 0 N–H and O–H groups in total. The van der Waals surface area contributed by atoms with Gasteiger partial charge in [-0.25, -0.2) is 0 Å². The SMILES string of the molecule is O=C(c1ccc(CN2CCSCC2)cc1)N1CCCC1. The molecule has 2 aliphatic heterocycles. The van der Waals surface area contributed by atoms with Crippen LogP contribution in [-0.4, -0.2) is 53.4 Å². The topological polar surface area (TPSA) is 23.6 Å². The van der Waals surface area contributed by atoms with Gasteiger partial charge in [-0.3, -0.25) is 9.69 Å². The van der Waals surface area contributed by atoms with Crippen molar-refractivity contribution in [3.63, 3.8) is 0 Å². The van der Waals surface area contributed by atoms with Crippen LogP contribution in [0, 0.1) is 0 Å². The van der Waals surface area contributed by atoms with Crippen LogP contribution in [0.15, 0.2) is 24.3 Å². The van der Waals surface area contributed by atoms with E-state index in [2.05, 4.69) is 17.0 Å². The Kier molecular flexibility index (Phi) is 4.63. The van der Waals surface area contributed by atoms with E-state index >= 15 is 0 Å². The number of likely N-dealkylation sites (tertiary alicyclic amines) is 1. The van der Waals surface area contributed by atoms with E-state index in [9.17, 15) is 4.79 Å². The van der Waals surface area contributed by atoms with Crippen molar-refractivity contribution in [2.45, 2.75) is 19.4 Å². The van der Waals surface area contributed by atoms with Crippen LogP contribution in [-0.2, 0) is 6.54 Å². The number of thioether (sulfide) groups is 1. The number of hydrogen-bond donors (Lipinski definition) is 0. The molecule has 108 valence electrons. The lowest BCUT2D eigenvalue weighted by atomic mass is 10.1. The van der Waals surface area contributed by atoms with Gasteiger partial charge in [-0.05, 0) is 30.5 Å². The zero-order valence-electron chi connectivity index (χ0n) is 11.9. The number of amides is 1. The third kappa shape index (κ3) is 3.36. The molecule has 3 nitrogen and oxygen atoms in total. The van der Waals surface area contributed by atoms with E-state index in [4.69, 9.17) is 0 Å². The van der Waals surface area contributed by atoms with Crippen molar-refractivity contribution in [1.82, 2.24) is 9.80 Å². The minimum atomic E-state index is 0.198. The maximum atomic E-state index is 12.3. The Bertz CT molecular complexity index is 448. The van der Waals surface area contributed by atoms with Gasteiger partial charge in [0, 0.05) is 49.8 Å². The monoisotopic (exact) mass is 290 g/mol. The molecular weight excluding hydrogens is 268 g/mol. The van der Waals surface area contributed by atoms with E-state index in [-0.39, 0.29) is 5.91 Å². The van der Waals surface area contributed by atoms with Crippen LogP contribution in [0.1, 0.15) is 28.8 Å². The normalized spacial score (nSPS) is 20.3. The molecule has 3 rings (SSSR count). The minimum Gasteiger partial charge on any atom is -0.339 e. The number of carbonyl (C=O) groups excluding carboxylic acids is 1. The highest BCUT2D eigenvalue weighted by molar-refractivity contribution is 7.99. The van der Waals surface area contributed by atoms with Gasteiger partial charge in [0.1, 0.15) is 0 Å². The van der Waals surface area contributed by atoms with Gasteiger partial charge in [0.25, 0.3) is 5.91 Å². The van der Waals surface area contributed by atoms with Crippen molar-refractivity contribution < 1.29 is 4.79 Å². The molecule has 2 aliphatic rings. The van der Waals surface area contributed by atoms with E-state index in [0.717, 1.165) is 38.0 Å². The average molecular weight is 290 g/mol. The van der Waals surface area contributed by atoms with Gasteiger partial charge in [-0.15, -0.1) is 0 Å². The molecule has 20 heavy (non-hydrogen) atoms. The summed E-state index contributed by atoms with van der Waals surface area (Å²) < 4.78 is 0. The molecule has 1 aromatic carbocycles. The highest BCUT2D eigenvalue weighted by atomic mass is 32.2. The van der Waals surface area contributed by atoms with Crippen LogP contribution < -0.4 is 0 Å². The van der Waals surface area contributed by atoms with Gasteiger partial charge in [0.15, 0.2) is 0 Å². The maximum Gasteiger partial charge on any atom is 0.253 e. The first-order chi connectivity index (χ1) is 9.83. The van der Waals surface area contributed by atoms with Crippen molar-refractivity contribution in [1.29, 1.82) is 0 Å². The molecule has 1 aromatic rings. The lowest BCUT2D eigenvalue weighted by Gasteiger charge is -2.26. The quantitative estimate of drug-likeness (QED) is 0.854. The largest absolute Gasteiger partial charge is 0.339 e. The van der Waals surface area contributed by atoms with Gasteiger partial charge in [0.05, 0.1) is 0 Å². The standard InChI is InChI=1S/C16H22N2OS/c19-16(18-7-1-2-8-18)15-5-3-14(4-6-15)13-17-9-11-20-12-10-17/h3-6H,1-2,7-13H2. The molecule has 0 atom stereocenters. The zero-order valence-corrected chi connectivity index (χ0v) is 12.7. The predicted octanol–water partition coefficient (Wildman–Crippen LogP) is 2.47. The van der Waals surface area contributed by atoms with Crippen molar-refractivity contribution in [2.24, 2.45) is 0 Å². The summed E-state index contributed by atoms with van der Waals surface area (Å²) in [7, 11) is 0. The van der Waals surface area contributed by atoms with Gasteiger partial charge in [-0.2, -0.15) is 11.8 Å². The van der Waals surface area contributed by atoms with Crippen LogP contribution in [0.5, 0.6) is 0 Å². The van der Waals surface area contributed by atoms with Gasteiger partial charge >= 0.3 is 0 Å². The van der Waals surface area contributed by atoms with E-state index in [0.29, 0.717) is 0 Å². The second kappa shape index (κ2) is 6.64. The predicted molar refractivity (Wildman–Crippen MR) is 84.2 cm³/mol. The van der Waals surface area contributed by atoms with E-state index in [1.165, 1.54) is 30.2 Å². The third-order valence-electron chi connectivity index (χ3n) is 4.10. The molecule has 2 saturated heterocycles. The van der Waals surface area contributed by atoms with Crippen LogP contribution in [0.4, 0.5) is 0 Å². The van der Waals surface area contributed by atoms with Crippen molar-refractivity contribution in [3.8, 4) is 0 Å². The summed E-state index contributed by atoms with van der Waals surface area (Å²) in [5.41, 5.74) is 2.15. The van der Waals surface area contributed by atoms with E-state index in [1.54, 1.807) is 0 Å². The first-order valence-electron chi connectivity index (χ1n) is 7.51. The molecule has 0 radical (unpaired) electrons. The van der Waals surface area contributed by atoms with Crippen LogP contribution in [0.2, 0.25) is 0 Å². The number of carbonyl (C=O) groups is 1. The Morgan fingerprint density at radius 2 is 1.65 bits per heavy atom. The Labute approximate surface area is 125 Å². The average Bonchev–Trinajstić information content (AvgIpc) is 3.03. The Hall–Kier alpha value is -1.00. The second-order valence-corrected chi connectivity index (χ2v) is 6.81. The Balaban J connectivity index is 1.60. The summed E-state index contributed by atoms with van der Waals surface area (Å²) in [6, 6.07) is 8.22. The summed E-state index contributed by atoms with van der Waals surface area (Å²) in [5.74, 6) is 2.68. The Morgan fingerprint density at radius 1 is 1.00 bits per heavy atom. The zero-order chi connectivity index (χ0) is 13.8. The Morgan fingerprint density at radius 3 is 2.30 bits per heavy atom. The third-order valence-corrected chi connectivity index (χ3v) is 5.05. The van der Waals surface area contributed by atoms with Crippen LogP contribution >= 0.6 is 11.8 Å². The highest BCUT2D eigenvalue weighted by Gasteiger charge is 2.19. The smallest absolute Gasteiger partial charge is 0.253 e. The number of nitrogens with zero attached hydrogens (tertiary/aromatic N) is 2. The minimum absolute atomic E-state index is 0.198. The molecule has 0 unspecified atom stereocenters. The lowest BCUT2D eigenvalue weighted by molar-refractivity contribution is 0.0793. The fourth-order valence-electron chi connectivity index (χ4n) is 2.87. The molecule has 0 saturated carbocycles. The van der Waals surface area contributed by atoms with Gasteiger partial charge in [0.2, 0.25) is 0 Å². The molecular formula is C16H22N2OS. The van der Waals surface area contributed by atoms with Crippen molar-refractivity contribution in [2.75, 3.05) is 37.7 Å².